The summed E-state index contributed by atoms with van der Waals surface area (Å²) < 4.78 is 11.5. The van der Waals surface area contributed by atoms with Gasteiger partial charge in [-0.15, -0.1) is 11.3 Å². The van der Waals surface area contributed by atoms with Crippen molar-refractivity contribution in [3.05, 3.63) is 16.3 Å². The quantitative estimate of drug-likeness (QED) is 0.819. The molecule has 1 N–H and O–H groups in total. The third kappa shape index (κ3) is 4.31. The van der Waals surface area contributed by atoms with E-state index in [2.05, 4.69) is 42.9 Å². The maximum atomic E-state index is 6.01. The second-order valence-electron chi connectivity index (χ2n) is 7.94. The summed E-state index contributed by atoms with van der Waals surface area (Å²) in [4.78, 5) is 16.9. The van der Waals surface area contributed by atoms with Gasteiger partial charge in [-0.1, -0.05) is 0 Å². The van der Waals surface area contributed by atoms with Gasteiger partial charge in [-0.3, -0.25) is 4.90 Å². The molecule has 8 heteroatoms. The number of morpholine rings is 2. The highest BCUT2D eigenvalue weighted by Gasteiger charge is 2.25. The summed E-state index contributed by atoms with van der Waals surface area (Å²) in [5.74, 6) is 1.83. The summed E-state index contributed by atoms with van der Waals surface area (Å²) in [6.45, 7) is 13.4. The van der Waals surface area contributed by atoms with Gasteiger partial charge in [0, 0.05) is 31.1 Å². The molecule has 2 aliphatic rings. The number of anilines is 1. The van der Waals surface area contributed by atoms with Gasteiger partial charge in [0.2, 0.25) is 0 Å². The molecule has 0 radical (unpaired) electrons. The van der Waals surface area contributed by atoms with E-state index in [1.807, 2.05) is 0 Å². The number of thiophene rings is 1. The highest BCUT2D eigenvalue weighted by Crippen LogP contribution is 2.34. The third-order valence-electron chi connectivity index (χ3n) is 5.76. The smallest absolute Gasteiger partial charge is 0.146 e. The first-order valence-corrected chi connectivity index (χ1v) is 11.0. The number of hydrogen-bond donors (Lipinski definition) is 1. The fraction of sp³-hybridized carbons (Fsp3) is 0.700. The molecule has 154 valence electrons. The summed E-state index contributed by atoms with van der Waals surface area (Å²) in [6.07, 6.45) is 0.159. The number of nitrogens with zero attached hydrogens (tertiary/aromatic N) is 4. The zero-order valence-electron chi connectivity index (χ0n) is 17.3. The lowest BCUT2D eigenvalue weighted by molar-refractivity contribution is -0.0259. The normalized spacial score (nSPS) is 23.2. The van der Waals surface area contributed by atoms with Crippen LogP contribution >= 0.6 is 11.3 Å². The average Bonchev–Trinajstić information content (AvgIpc) is 2.96. The van der Waals surface area contributed by atoms with E-state index in [0.717, 1.165) is 74.4 Å². The van der Waals surface area contributed by atoms with E-state index in [-0.39, 0.29) is 12.1 Å². The second kappa shape index (κ2) is 8.59. The average molecular weight is 406 g/mol. The predicted octanol–water partition coefficient (Wildman–Crippen LogP) is 2.27. The molecular formula is C20H31N5O2S. The molecule has 4 heterocycles. The molecular weight excluding hydrogens is 374 g/mol. The van der Waals surface area contributed by atoms with Crippen LogP contribution in [0.4, 0.5) is 5.82 Å². The Morgan fingerprint density at radius 1 is 1.18 bits per heavy atom. The Morgan fingerprint density at radius 3 is 2.71 bits per heavy atom. The summed E-state index contributed by atoms with van der Waals surface area (Å²) in [7, 11) is 2.15. The van der Waals surface area contributed by atoms with Gasteiger partial charge in [-0.05, 0) is 33.4 Å². The van der Waals surface area contributed by atoms with Gasteiger partial charge in [0.1, 0.15) is 16.5 Å². The highest BCUT2D eigenvalue weighted by atomic mass is 32.1. The SMILES string of the molecule is Cc1sc2nc(CN3CCOCC3)nc(NC(C)C3CN(C)CCO3)c2c1C. The van der Waals surface area contributed by atoms with Crippen LogP contribution in [-0.4, -0.2) is 85.0 Å². The number of fused-ring (bicyclic) bond motifs is 1. The molecule has 2 saturated heterocycles. The standard InChI is InChI=1S/C20H31N5O2S/c1-13-15(3)28-20-18(13)19(21-14(2)16-11-24(4)5-10-27-16)22-17(23-20)12-25-6-8-26-9-7-25/h14,16H,5-12H2,1-4H3,(H,21,22,23). The molecule has 4 rings (SSSR count). The highest BCUT2D eigenvalue weighted by molar-refractivity contribution is 7.18. The van der Waals surface area contributed by atoms with Crippen molar-refractivity contribution >= 4 is 27.4 Å². The van der Waals surface area contributed by atoms with E-state index in [1.165, 1.54) is 10.4 Å². The van der Waals surface area contributed by atoms with Crippen LogP contribution in [0.5, 0.6) is 0 Å². The molecule has 0 bridgehead atoms. The Labute approximate surface area is 171 Å². The predicted molar refractivity (Wildman–Crippen MR) is 113 cm³/mol. The van der Waals surface area contributed by atoms with Gasteiger partial charge in [0.25, 0.3) is 0 Å². The van der Waals surface area contributed by atoms with Crippen LogP contribution in [0, 0.1) is 13.8 Å². The second-order valence-corrected chi connectivity index (χ2v) is 9.15. The maximum Gasteiger partial charge on any atom is 0.146 e. The van der Waals surface area contributed by atoms with Crippen LogP contribution in [-0.2, 0) is 16.0 Å². The lowest BCUT2D eigenvalue weighted by Crippen LogP contribution is -2.47. The minimum atomic E-state index is 0.159. The monoisotopic (exact) mass is 405 g/mol. The Bertz CT molecular complexity index is 821. The molecule has 7 nitrogen and oxygen atoms in total. The number of nitrogens with one attached hydrogen (secondary N) is 1. The van der Waals surface area contributed by atoms with Crippen LogP contribution < -0.4 is 5.32 Å². The van der Waals surface area contributed by atoms with Crippen molar-refractivity contribution in [2.24, 2.45) is 0 Å². The van der Waals surface area contributed by atoms with E-state index in [0.29, 0.717) is 0 Å². The first kappa shape index (κ1) is 20.0. The molecule has 0 amide bonds. The van der Waals surface area contributed by atoms with Gasteiger partial charge in [0.05, 0.1) is 43.9 Å². The van der Waals surface area contributed by atoms with Crippen LogP contribution in [0.15, 0.2) is 0 Å². The third-order valence-corrected chi connectivity index (χ3v) is 6.86. The molecule has 0 aromatic carbocycles. The van der Waals surface area contributed by atoms with Gasteiger partial charge in [0.15, 0.2) is 0 Å². The number of aryl methyl sites for hydroxylation is 2. The maximum absolute atomic E-state index is 6.01. The van der Waals surface area contributed by atoms with E-state index in [1.54, 1.807) is 11.3 Å². The number of rotatable bonds is 5. The van der Waals surface area contributed by atoms with Crippen molar-refractivity contribution in [2.45, 2.75) is 39.5 Å². The van der Waals surface area contributed by atoms with Gasteiger partial charge in [-0.25, -0.2) is 9.97 Å². The van der Waals surface area contributed by atoms with Crippen LogP contribution in [0.2, 0.25) is 0 Å². The summed E-state index contributed by atoms with van der Waals surface area (Å²) >= 11 is 1.76. The number of likely N-dealkylation sites (N-methyl/N-ethyl adjacent to an activating group) is 1. The van der Waals surface area contributed by atoms with Crippen molar-refractivity contribution in [3.8, 4) is 0 Å². The fourth-order valence-corrected chi connectivity index (χ4v) is 4.90. The summed E-state index contributed by atoms with van der Waals surface area (Å²) in [5.41, 5.74) is 1.27. The van der Waals surface area contributed by atoms with Crippen LogP contribution in [0.25, 0.3) is 10.2 Å². The molecule has 2 aromatic rings. The van der Waals surface area contributed by atoms with Crippen molar-refractivity contribution in [1.82, 2.24) is 19.8 Å². The van der Waals surface area contributed by atoms with E-state index in [4.69, 9.17) is 19.4 Å². The van der Waals surface area contributed by atoms with Gasteiger partial charge >= 0.3 is 0 Å². The van der Waals surface area contributed by atoms with E-state index >= 15 is 0 Å². The lowest BCUT2D eigenvalue weighted by atomic mass is 10.1. The molecule has 28 heavy (non-hydrogen) atoms. The van der Waals surface area contributed by atoms with Crippen LogP contribution in [0.3, 0.4) is 0 Å². The van der Waals surface area contributed by atoms with Crippen molar-refractivity contribution in [3.63, 3.8) is 0 Å². The fourth-order valence-electron chi connectivity index (χ4n) is 3.85. The van der Waals surface area contributed by atoms with E-state index in [9.17, 15) is 0 Å². The molecule has 2 aromatic heterocycles. The topological polar surface area (TPSA) is 62.8 Å². The van der Waals surface area contributed by atoms with Gasteiger partial charge in [-0.2, -0.15) is 0 Å². The Morgan fingerprint density at radius 2 is 1.96 bits per heavy atom. The zero-order valence-corrected chi connectivity index (χ0v) is 18.1. The molecule has 2 atom stereocenters. The summed E-state index contributed by atoms with van der Waals surface area (Å²) in [6, 6.07) is 0.177. The molecule has 0 spiro atoms. The van der Waals surface area contributed by atoms with E-state index < -0.39 is 0 Å². The first-order valence-electron chi connectivity index (χ1n) is 10.1. The molecule has 2 fully saturated rings. The van der Waals surface area contributed by atoms with Crippen molar-refractivity contribution in [1.29, 1.82) is 0 Å². The van der Waals surface area contributed by atoms with Gasteiger partial charge < -0.3 is 19.7 Å². The number of aromatic nitrogens is 2. The zero-order chi connectivity index (χ0) is 19.7. The largest absolute Gasteiger partial charge is 0.379 e. The Kier molecular flexibility index (Phi) is 6.13. The Balaban J connectivity index is 1.60. The van der Waals surface area contributed by atoms with Crippen molar-refractivity contribution < 1.29 is 9.47 Å². The number of ether oxygens (including phenoxy) is 2. The molecule has 2 aliphatic heterocycles. The minimum Gasteiger partial charge on any atom is -0.379 e. The molecule has 0 aliphatic carbocycles. The molecule has 0 saturated carbocycles. The summed E-state index contributed by atoms with van der Waals surface area (Å²) in [5, 5.41) is 4.82. The van der Waals surface area contributed by atoms with Crippen molar-refractivity contribution in [2.75, 3.05) is 58.4 Å². The molecule has 2 unspecified atom stereocenters. The number of hydrogen-bond acceptors (Lipinski definition) is 8. The lowest BCUT2D eigenvalue weighted by Gasteiger charge is -2.34. The minimum absolute atomic E-state index is 0.159. The Hall–Kier alpha value is -1.32. The van der Waals surface area contributed by atoms with Crippen LogP contribution in [0.1, 0.15) is 23.2 Å². The first-order chi connectivity index (χ1) is 13.5.